The second-order valence-electron chi connectivity index (χ2n) is 8.85. The van der Waals surface area contributed by atoms with Gasteiger partial charge in [0.05, 0.1) is 5.69 Å². The molecule has 0 bridgehead atoms. The van der Waals surface area contributed by atoms with Crippen molar-refractivity contribution in [2.24, 2.45) is 0 Å². The van der Waals surface area contributed by atoms with Crippen molar-refractivity contribution in [1.29, 1.82) is 0 Å². The molecule has 1 amide bonds. The van der Waals surface area contributed by atoms with E-state index in [4.69, 9.17) is 0 Å². The fourth-order valence-corrected chi connectivity index (χ4v) is 4.35. The highest BCUT2D eigenvalue weighted by molar-refractivity contribution is 5.95. The number of carbonyl (C=O) groups excluding carboxylic acids is 1. The standard InChI is InChI=1S/C27H33N5O/c1-20-8-5-10-22(16-20)25-18-26(30-19-29-25)31-24-12-6-11-23(17-24)27(33)28-13-7-15-32-14-4-3-9-21(32)2/h5-6,8,10-12,16-19,21H,3-4,7,9,13-15H2,1-2H3,(H,28,33)(H,29,30,31)/t21-/m1/s1. The number of anilines is 2. The molecule has 0 unspecified atom stereocenters. The normalized spacial score (nSPS) is 16.4. The van der Waals surface area contributed by atoms with E-state index < -0.39 is 0 Å². The molecule has 1 aliphatic heterocycles. The monoisotopic (exact) mass is 443 g/mol. The van der Waals surface area contributed by atoms with E-state index in [9.17, 15) is 4.79 Å². The first-order chi connectivity index (χ1) is 16.1. The van der Waals surface area contributed by atoms with E-state index in [0.29, 0.717) is 24.0 Å². The maximum Gasteiger partial charge on any atom is 0.251 e. The van der Waals surface area contributed by atoms with Crippen LogP contribution >= 0.6 is 0 Å². The smallest absolute Gasteiger partial charge is 0.251 e. The summed E-state index contributed by atoms with van der Waals surface area (Å²) in [6, 6.07) is 18.3. The molecule has 6 heteroatoms. The Labute approximate surface area is 196 Å². The third-order valence-electron chi connectivity index (χ3n) is 6.23. The van der Waals surface area contributed by atoms with Crippen LogP contribution in [0, 0.1) is 6.92 Å². The van der Waals surface area contributed by atoms with E-state index in [1.54, 1.807) is 6.33 Å². The summed E-state index contributed by atoms with van der Waals surface area (Å²) in [5.74, 6) is 0.642. The van der Waals surface area contributed by atoms with Gasteiger partial charge in [-0.3, -0.25) is 4.79 Å². The summed E-state index contributed by atoms with van der Waals surface area (Å²) < 4.78 is 0. The lowest BCUT2D eigenvalue weighted by molar-refractivity contribution is 0.0949. The zero-order valence-electron chi connectivity index (χ0n) is 19.6. The molecule has 0 aliphatic carbocycles. The van der Waals surface area contributed by atoms with Gasteiger partial charge in [-0.2, -0.15) is 0 Å². The number of piperidine rings is 1. The summed E-state index contributed by atoms with van der Waals surface area (Å²) in [4.78, 5) is 23.9. The number of hydrogen-bond acceptors (Lipinski definition) is 5. The summed E-state index contributed by atoms with van der Waals surface area (Å²) in [6.45, 7) is 7.27. The third-order valence-corrected chi connectivity index (χ3v) is 6.23. The maximum atomic E-state index is 12.7. The molecule has 6 nitrogen and oxygen atoms in total. The minimum Gasteiger partial charge on any atom is -0.352 e. The Hall–Kier alpha value is -3.25. The van der Waals surface area contributed by atoms with E-state index in [2.05, 4.69) is 51.5 Å². The van der Waals surface area contributed by atoms with E-state index in [-0.39, 0.29) is 5.91 Å². The number of rotatable bonds is 8. The van der Waals surface area contributed by atoms with E-state index in [0.717, 1.165) is 29.9 Å². The average molecular weight is 444 g/mol. The van der Waals surface area contributed by atoms with Crippen LogP contribution in [0.25, 0.3) is 11.3 Å². The Morgan fingerprint density at radius 3 is 2.82 bits per heavy atom. The number of nitrogens with one attached hydrogen (secondary N) is 2. The van der Waals surface area contributed by atoms with Gasteiger partial charge in [0.2, 0.25) is 0 Å². The summed E-state index contributed by atoms with van der Waals surface area (Å²) in [5.41, 5.74) is 4.54. The largest absolute Gasteiger partial charge is 0.352 e. The fourth-order valence-electron chi connectivity index (χ4n) is 4.35. The number of likely N-dealkylation sites (tertiary alicyclic amines) is 1. The SMILES string of the molecule is Cc1cccc(-c2cc(Nc3cccc(C(=O)NCCCN4CCCC[C@H]4C)c3)ncn2)c1. The van der Waals surface area contributed by atoms with Gasteiger partial charge in [0.15, 0.2) is 0 Å². The van der Waals surface area contributed by atoms with Gasteiger partial charge in [0.1, 0.15) is 12.1 Å². The molecule has 1 atom stereocenters. The van der Waals surface area contributed by atoms with Crippen molar-refractivity contribution in [3.63, 3.8) is 0 Å². The first-order valence-corrected chi connectivity index (χ1v) is 11.9. The van der Waals surface area contributed by atoms with Crippen LogP contribution in [0.3, 0.4) is 0 Å². The lowest BCUT2D eigenvalue weighted by atomic mass is 10.0. The van der Waals surface area contributed by atoms with E-state index in [1.807, 2.05) is 42.5 Å². The molecule has 2 aromatic carbocycles. The highest BCUT2D eigenvalue weighted by Gasteiger charge is 2.17. The molecule has 33 heavy (non-hydrogen) atoms. The molecule has 1 fully saturated rings. The minimum absolute atomic E-state index is 0.0477. The summed E-state index contributed by atoms with van der Waals surface area (Å²) in [7, 11) is 0. The second kappa shape index (κ2) is 11.1. The van der Waals surface area contributed by atoms with Gasteiger partial charge < -0.3 is 15.5 Å². The lowest BCUT2D eigenvalue weighted by Crippen LogP contribution is -2.39. The van der Waals surface area contributed by atoms with Gasteiger partial charge in [-0.1, -0.05) is 36.2 Å². The number of hydrogen-bond donors (Lipinski definition) is 2. The molecule has 3 aromatic rings. The predicted molar refractivity (Wildman–Crippen MR) is 134 cm³/mol. The number of aryl methyl sites for hydroxylation is 1. The first kappa shape index (κ1) is 22.9. The Morgan fingerprint density at radius 1 is 1.09 bits per heavy atom. The van der Waals surface area contributed by atoms with Crippen molar-refractivity contribution in [2.45, 2.75) is 45.6 Å². The van der Waals surface area contributed by atoms with Crippen LogP contribution < -0.4 is 10.6 Å². The van der Waals surface area contributed by atoms with Crippen LogP contribution in [-0.4, -0.2) is 46.5 Å². The molecule has 1 aliphatic rings. The Bertz CT molecular complexity index is 1080. The summed E-state index contributed by atoms with van der Waals surface area (Å²) >= 11 is 0. The van der Waals surface area contributed by atoms with Crippen LogP contribution in [0.15, 0.2) is 60.9 Å². The molecular formula is C27H33N5O. The van der Waals surface area contributed by atoms with Crippen LogP contribution in [0.5, 0.6) is 0 Å². The molecule has 1 saturated heterocycles. The van der Waals surface area contributed by atoms with Gasteiger partial charge in [0, 0.05) is 42.0 Å². The number of aromatic nitrogens is 2. The molecule has 2 heterocycles. The quantitative estimate of drug-likeness (QED) is 0.469. The molecule has 1 aromatic heterocycles. The van der Waals surface area contributed by atoms with Crippen molar-refractivity contribution in [3.8, 4) is 11.3 Å². The van der Waals surface area contributed by atoms with Gasteiger partial charge in [-0.05, 0) is 63.9 Å². The summed E-state index contributed by atoms with van der Waals surface area (Å²) in [5, 5.41) is 6.36. The van der Waals surface area contributed by atoms with E-state index >= 15 is 0 Å². The van der Waals surface area contributed by atoms with Crippen molar-refractivity contribution in [2.75, 3.05) is 25.0 Å². The fraction of sp³-hybridized carbons (Fsp3) is 0.370. The van der Waals surface area contributed by atoms with Crippen molar-refractivity contribution >= 4 is 17.4 Å². The molecule has 0 spiro atoms. The van der Waals surface area contributed by atoms with Gasteiger partial charge in [-0.25, -0.2) is 9.97 Å². The summed E-state index contributed by atoms with van der Waals surface area (Å²) in [6.07, 6.45) is 6.43. The highest BCUT2D eigenvalue weighted by Crippen LogP contribution is 2.22. The number of nitrogens with zero attached hydrogens (tertiary/aromatic N) is 3. The molecule has 4 rings (SSSR count). The molecule has 0 saturated carbocycles. The zero-order chi connectivity index (χ0) is 23.0. The lowest BCUT2D eigenvalue weighted by Gasteiger charge is -2.33. The number of benzene rings is 2. The van der Waals surface area contributed by atoms with Gasteiger partial charge in [-0.15, -0.1) is 0 Å². The predicted octanol–water partition coefficient (Wildman–Crippen LogP) is 5.19. The molecule has 0 radical (unpaired) electrons. The topological polar surface area (TPSA) is 70.2 Å². The van der Waals surface area contributed by atoms with Crippen LogP contribution in [0.4, 0.5) is 11.5 Å². The number of amides is 1. The minimum atomic E-state index is -0.0477. The Kier molecular flexibility index (Phi) is 7.68. The van der Waals surface area contributed by atoms with Crippen molar-refractivity contribution in [1.82, 2.24) is 20.2 Å². The second-order valence-corrected chi connectivity index (χ2v) is 8.85. The van der Waals surface area contributed by atoms with Crippen molar-refractivity contribution in [3.05, 3.63) is 72.1 Å². The Morgan fingerprint density at radius 2 is 1.97 bits per heavy atom. The van der Waals surface area contributed by atoms with Gasteiger partial charge >= 0.3 is 0 Å². The van der Waals surface area contributed by atoms with Gasteiger partial charge in [0.25, 0.3) is 5.91 Å². The Balaban J connectivity index is 1.33. The highest BCUT2D eigenvalue weighted by atomic mass is 16.1. The first-order valence-electron chi connectivity index (χ1n) is 11.9. The maximum absolute atomic E-state index is 12.7. The molecule has 2 N–H and O–H groups in total. The molecule has 172 valence electrons. The zero-order valence-corrected chi connectivity index (χ0v) is 19.6. The van der Waals surface area contributed by atoms with Crippen LogP contribution in [0.1, 0.15) is 48.5 Å². The van der Waals surface area contributed by atoms with Crippen LogP contribution in [-0.2, 0) is 0 Å². The van der Waals surface area contributed by atoms with E-state index in [1.165, 1.54) is 31.4 Å². The van der Waals surface area contributed by atoms with Crippen molar-refractivity contribution < 1.29 is 4.79 Å². The van der Waals surface area contributed by atoms with Crippen LogP contribution in [0.2, 0.25) is 0 Å². The molecular weight excluding hydrogens is 410 g/mol. The average Bonchev–Trinajstić information content (AvgIpc) is 2.83. The third kappa shape index (κ3) is 6.39. The number of carbonyl (C=O) groups is 1.